The smallest absolute Gasteiger partial charge is 0.0638 e. The SMILES string of the molecule is CCC(CC#N)NC(C)Cc1ccc(Cl)cc1. The average Bonchev–Trinajstić information content (AvgIpc) is 2.31. The zero-order valence-corrected chi connectivity index (χ0v) is 11.2. The van der Waals surface area contributed by atoms with Gasteiger partial charge in [0, 0.05) is 17.1 Å². The third-order valence-electron chi connectivity index (χ3n) is 2.81. The fraction of sp³-hybridized carbons (Fsp3) is 0.500. The molecular formula is C14H19ClN2. The summed E-state index contributed by atoms with van der Waals surface area (Å²) in [5.41, 5.74) is 1.27. The molecule has 2 atom stereocenters. The Morgan fingerprint density at radius 3 is 2.53 bits per heavy atom. The van der Waals surface area contributed by atoms with Gasteiger partial charge in [-0.05, 0) is 37.5 Å². The summed E-state index contributed by atoms with van der Waals surface area (Å²) in [7, 11) is 0. The first-order valence-corrected chi connectivity index (χ1v) is 6.41. The summed E-state index contributed by atoms with van der Waals surface area (Å²) in [5, 5.41) is 12.9. The number of nitrogens with zero attached hydrogens (tertiary/aromatic N) is 1. The molecule has 2 unspecified atom stereocenters. The van der Waals surface area contributed by atoms with Crippen molar-refractivity contribution in [1.82, 2.24) is 5.32 Å². The summed E-state index contributed by atoms with van der Waals surface area (Å²) in [4.78, 5) is 0. The summed E-state index contributed by atoms with van der Waals surface area (Å²) in [6.45, 7) is 4.25. The molecule has 1 aromatic carbocycles. The van der Waals surface area contributed by atoms with E-state index >= 15 is 0 Å². The molecule has 0 spiro atoms. The normalized spacial score (nSPS) is 14.0. The van der Waals surface area contributed by atoms with Gasteiger partial charge in [0.05, 0.1) is 12.5 Å². The number of nitriles is 1. The second kappa shape index (κ2) is 7.32. The van der Waals surface area contributed by atoms with E-state index in [9.17, 15) is 0 Å². The lowest BCUT2D eigenvalue weighted by molar-refractivity contribution is 0.436. The van der Waals surface area contributed by atoms with Crippen molar-refractivity contribution in [3.05, 3.63) is 34.9 Å². The Morgan fingerprint density at radius 2 is 2.00 bits per heavy atom. The Bertz CT molecular complexity index is 367. The van der Waals surface area contributed by atoms with E-state index in [-0.39, 0.29) is 0 Å². The largest absolute Gasteiger partial charge is 0.310 e. The van der Waals surface area contributed by atoms with Gasteiger partial charge < -0.3 is 5.32 Å². The minimum Gasteiger partial charge on any atom is -0.310 e. The van der Waals surface area contributed by atoms with Gasteiger partial charge in [-0.1, -0.05) is 30.7 Å². The number of rotatable bonds is 6. The molecule has 0 bridgehead atoms. The van der Waals surface area contributed by atoms with Crippen molar-refractivity contribution in [3.63, 3.8) is 0 Å². The van der Waals surface area contributed by atoms with Gasteiger partial charge in [0.25, 0.3) is 0 Å². The van der Waals surface area contributed by atoms with Gasteiger partial charge in [-0.25, -0.2) is 0 Å². The summed E-state index contributed by atoms with van der Waals surface area (Å²) in [5.74, 6) is 0. The molecule has 3 heteroatoms. The van der Waals surface area contributed by atoms with E-state index in [0.29, 0.717) is 18.5 Å². The van der Waals surface area contributed by atoms with Crippen molar-refractivity contribution in [3.8, 4) is 6.07 Å². The van der Waals surface area contributed by atoms with E-state index < -0.39 is 0 Å². The Morgan fingerprint density at radius 1 is 1.35 bits per heavy atom. The number of nitrogens with one attached hydrogen (secondary N) is 1. The van der Waals surface area contributed by atoms with E-state index in [0.717, 1.165) is 17.9 Å². The number of hydrogen-bond acceptors (Lipinski definition) is 2. The lowest BCUT2D eigenvalue weighted by atomic mass is 10.0. The maximum atomic E-state index is 8.70. The van der Waals surface area contributed by atoms with E-state index in [1.54, 1.807) is 0 Å². The summed E-state index contributed by atoms with van der Waals surface area (Å²) < 4.78 is 0. The van der Waals surface area contributed by atoms with Crippen molar-refractivity contribution >= 4 is 11.6 Å². The van der Waals surface area contributed by atoms with Crippen LogP contribution in [0.25, 0.3) is 0 Å². The van der Waals surface area contributed by atoms with Crippen LogP contribution in [0, 0.1) is 11.3 Å². The maximum Gasteiger partial charge on any atom is 0.0638 e. The number of benzene rings is 1. The van der Waals surface area contributed by atoms with Gasteiger partial charge >= 0.3 is 0 Å². The van der Waals surface area contributed by atoms with Crippen LogP contribution in [0.1, 0.15) is 32.3 Å². The lowest BCUT2D eigenvalue weighted by Crippen LogP contribution is -2.37. The molecule has 17 heavy (non-hydrogen) atoms. The quantitative estimate of drug-likeness (QED) is 0.838. The van der Waals surface area contributed by atoms with Gasteiger partial charge in [-0.2, -0.15) is 5.26 Å². The Kier molecular flexibility index (Phi) is 6.04. The molecule has 0 aliphatic heterocycles. The molecule has 2 nitrogen and oxygen atoms in total. The molecule has 0 fully saturated rings. The van der Waals surface area contributed by atoms with Crippen LogP contribution in [0.4, 0.5) is 0 Å². The van der Waals surface area contributed by atoms with Crippen molar-refractivity contribution in [1.29, 1.82) is 5.26 Å². The van der Waals surface area contributed by atoms with Crippen molar-refractivity contribution in [2.75, 3.05) is 0 Å². The first kappa shape index (κ1) is 14.0. The summed E-state index contributed by atoms with van der Waals surface area (Å²) in [6.07, 6.45) is 2.51. The van der Waals surface area contributed by atoms with Crippen molar-refractivity contribution in [2.24, 2.45) is 0 Å². The van der Waals surface area contributed by atoms with Crippen molar-refractivity contribution < 1.29 is 0 Å². The molecule has 1 rings (SSSR count). The average molecular weight is 251 g/mol. The van der Waals surface area contributed by atoms with E-state index in [2.05, 4.69) is 25.2 Å². The molecule has 0 saturated carbocycles. The third kappa shape index (κ3) is 5.21. The first-order chi connectivity index (χ1) is 8.15. The van der Waals surface area contributed by atoms with Crippen LogP contribution in [0.5, 0.6) is 0 Å². The predicted molar refractivity (Wildman–Crippen MR) is 72.1 cm³/mol. The zero-order valence-electron chi connectivity index (χ0n) is 10.4. The Hall–Kier alpha value is -1.04. The standard InChI is InChI=1S/C14H19ClN2/c1-3-14(8-9-16)17-11(2)10-12-4-6-13(15)7-5-12/h4-7,11,14,17H,3,8,10H2,1-2H3. The fourth-order valence-corrected chi connectivity index (χ4v) is 1.99. The van der Waals surface area contributed by atoms with Gasteiger partial charge in [0.1, 0.15) is 0 Å². The molecule has 1 N–H and O–H groups in total. The predicted octanol–water partition coefficient (Wildman–Crippen LogP) is 3.55. The van der Waals surface area contributed by atoms with Crippen LogP contribution < -0.4 is 5.32 Å². The van der Waals surface area contributed by atoms with Crippen LogP contribution in [-0.2, 0) is 6.42 Å². The lowest BCUT2D eigenvalue weighted by Gasteiger charge is -2.20. The van der Waals surface area contributed by atoms with Crippen LogP contribution in [0.3, 0.4) is 0 Å². The summed E-state index contributed by atoms with van der Waals surface area (Å²) >= 11 is 5.84. The molecule has 92 valence electrons. The van der Waals surface area contributed by atoms with Crippen LogP contribution in [0.15, 0.2) is 24.3 Å². The molecular weight excluding hydrogens is 232 g/mol. The third-order valence-corrected chi connectivity index (χ3v) is 3.06. The highest BCUT2D eigenvalue weighted by Gasteiger charge is 2.10. The highest BCUT2D eigenvalue weighted by molar-refractivity contribution is 6.30. The number of hydrogen-bond donors (Lipinski definition) is 1. The monoisotopic (exact) mass is 250 g/mol. The topological polar surface area (TPSA) is 35.8 Å². The van der Waals surface area contributed by atoms with E-state index in [4.69, 9.17) is 16.9 Å². The molecule has 0 aromatic heterocycles. The Labute approximate surface area is 109 Å². The van der Waals surface area contributed by atoms with Crippen molar-refractivity contribution in [2.45, 2.75) is 45.2 Å². The van der Waals surface area contributed by atoms with Crippen LogP contribution >= 0.6 is 11.6 Å². The molecule has 1 aromatic rings. The van der Waals surface area contributed by atoms with E-state index in [1.807, 2.05) is 24.3 Å². The van der Waals surface area contributed by atoms with Crippen LogP contribution in [0.2, 0.25) is 5.02 Å². The first-order valence-electron chi connectivity index (χ1n) is 6.03. The van der Waals surface area contributed by atoms with Gasteiger partial charge in [-0.15, -0.1) is 0 Å². The second-order valence-corrected chi connectivity index (χ2v) is 4.80. The molecule has 0 aliphatic carbocycles. The highest BCUT2D eigenvalue weighted by atomic mass is 35.5. The molecule has 0 radical (unpaired) electrons. The van der Waals surface area contributed by atoms with Gasteiger partial charge in [-0.3, -0.25) is 0 Å². The minimum absolute atomic E-state index is 0.294. The second-order valence-electron chi connectivity index (χ2n) is 4.37. The minimum atomic E-state index is 0.294. The fourth-order valence-electron chi connectivity index (χ4n) is 1.87. The highest BCUT2D eigenvalue weighted by Crippen LogP contribution is 2.11. The number of halogens is 1. The molecule has 0 heterocycles. The molecule has 0 amide bonds. The van der Waals surface area contributed by atoms with Gasteiger partial charge in [0.15, 0.2) is 0 Å². The zero-order chi connectivity index (χ0) is 12.7. The van der Waals surface area contributed by atoms with E-state index in [1.165, 1.54) is 5.56 Å². The maximum absolute atomic E-state index is 8.70. The Balaban J connectivity index is 2.46. The van der Waals surface area contributed by atoms with Gasteiger partial charge in [0.2, 0.25) is 0 Å². The summed E-state index contributed by atoms with van der Waals surface area (Å²) in [6, 6.07) is 10.8. The van der Waals surface area contributed by atoms with Crippen LogP contribution in [-0.4, -0.2) is 12.1 Å². The molecule has 0 saturated heterocycles. The molecule has 0 aliphatic rings.